The highest BCUT2D eigenvalue weighted by atomic mass is 15.3. The Bertz CT molecular complexity index is 606. The smallest absolute Gasteiger partial charge is 0.0828 e. The van der Waals surface area contributed by atoms with Crippen LogP contribution in [-0.4, -0.2) is 19.6 Å². The summed E-state index contributed by atoms with van der Waals surface area (Å²) >= 11 is 0. The molecule has 0 spiro atoms. The Hall–Kier alpha value is -1.78. The maximum Gasteiger partial charge on any atom is 0.0828 e. The predicted octanol–water partition coefficient (Wildman–Crippen LogP) is 2.56. The molecule has 0 aliphatic heterocycles. The van der Waals surface area contributed by atoms with Crippen LogP contribution in [0.5, 0.6) is 0 Å². The van der Waals surface area contributed by atoms with Gasteiger partial charge in [0.25, 0.3) is 0 Å². The van der Waals surface area contributed by atoms with Gasteiger partial charge in [0.2, 0.25) is 0 Å². The quantitative estimate of drug-likeness (QED) is 0.923. The molecule has 1 atom stereocenters. The Morgan fingerprint density at radius 2 is 1.42 bits per heavy atom. The van der Waals surface area contributed by atoms with Crippen molar-refractivity contribution in [1.29, 1.82) is 0 Å². The van der Waals surface area contributed by atoms with Crippen molar-refractivity contribution in [3.05, 3.63) is 28.3 Å². The fourth-order valence-corrected chi connectivity index (χ4v) is 2.69. The minimum absolute atomic E-state index is 0.218. The van der Waals surface area contributed by atoms with Gasteiger partial charge in [-0.25, -0.2) is 0 Å². The van der Waals surface area contributed by atoms with Crippen molar-refractivity contribution in [2.24, 2.45) is 14.1 Å². The van der Waals surface area contributed by atoms with E-state index in [-0.39, 0.29) is 6.04 Å². The summed E-state index contributed by atoms with van der Waals surface area (Å²) < 4.78 is 3.85. The van der Waals surface area contributed by atoms with Crippen molar-refractivity contribution in [3.8, 4) is 0 Å². The summed E-state index contributed by atoms with van der Waals surface area (Å²) in [7, 11) is 3.96. The molecule has 0 aliphatic carbocycles. The standard InChI is InChI=1S/C14H23N5/c1-8(13-9(2)16-18(6)11(13)4)15-14-10(3)17-19(7)12(14)5/h8,15H,1-7H3. The molecule has 5 nitrogen and oxygen atoms in total. The number of anilines is 1. The number of aryl methyl sites for hydroxylation is 4. The van der Waals surface area contributed by atoms with Gasteiger partial charge in [0, 0.05) is 25.4 Å². The van der Waals surface area contributed by atoms with Crippen LogP contribution in [-0.2, 0) is 14.1 Å². The van der Waals surface area contributed by atoms with Crippen LogP contribution in [0.25, 0.3) is 0 Å². The predicted molar refractivity (Wildman–Crippen MR) is 77.4 cm³/mol. The topological polar surface area (TPSA) is 47.7 Å². The molecule has 0 bridgehead atoms. The van der Waals surface area contributed by atoms with Gasteiger partial charge in [-0.05, 0) is 34.6 Å². The Morgan fingerprint density at radius 3 is 1.84 bits per heavy atom. The first-order valence-electron chi connectivity index (χ1n) is 6.59. The first kappa shape index (κ1) is 13.6. The second kappa shape index (κ2) is 4.72. The lowest BCUT2D eigenvalue weighted by molar-refractivity contribution is 0.728. The fraction of sp³-hybridized carbons (Fsp3) is 0.571. The van der Waals surface area contributed by atoms with Crippen LogP contribution in [0.4, 0.5) is 5.69 Å². The molecule has 0 amide bonds. The Labute approximate surface area is 114 Å². The summed E-state index contributed by atoms with van der Waals surface area (Å²) in [6, 6.07) is 0.218. The summed E-state index contributed by atoms with van der Waals surface area (Å²) in [5.41, 5.74) is 6.87. The van der Waals surface area contributed by atoms with Crippen molar-refractivity contribution < 1.29 is 0 Å². The van der Waals surface area contributed by atoms with E-state index in [2.05, 4.69) is 43.2 Å². The fourth-order valence-electron chi connectivity index (χ4n) is 2.69. The molecule has 1 unspecified atom stereocenters. The molecular weight excluding hydrogens is 238 g/mol. The van der Waals surface area contributed by atoms with Gasteiger partial charge in [0.15, 0.2) is 0 Å². The molecule has 19 heavy (non-hydrogen) atoms. The average molecular weight is 261 g/mol. The van der Waals surface area contributed by atoms with Gasteiger partial charge in [-0.15, -0.1) is 0 Å². The summed E-state index contributed by atoms with van der Waals surface area (Å²) in [4.78, 5) is 0. The highest BCUT2D eigenvalue weighted by molar-refractivity contribution is 5.54. The van der Waals surface area contributed by atoms with E-state index in [0.29, 0.717) is 0 Å². The molecule has 0 fully saturated rings. The zero-order valence-electron chi connectivity index (χ0n) is 12.9. The third kappa shape index (κ3) is 2.25. The van der Waals surface area contributed by atoms with E-state index >= 15 is 0 Å². The molecule has 1 N–H and O–H groups in total. The van der Waals surface area contributed by atoms with Crippen molar-refractivity contribution >= 4 is 5.69 Å². The lowest BCUT2D eigenvalue weighted by Gasteiger charge is -2.16. The average Bonchev–Trinajstić information content (AvgIpc) is 2.70. The molecule has 5 heteroatoms. The van der Waals surface area contributed by atoms with Crippen LogP contribution in [0.3, 0.4) is 0 Å². The summed E-state index contributed by atoms with van der Waals surface area (Å²) in [5, 5.41) is 12.5. The number of hydrogen-bond acceptors (Lipinski definition) is 3. The number of hydrogen-bond donors (Lipinski definition) is 1. The van der Waals surface area contributed by atoms with E-state index in [4.69, 9.17) is 0 Å². The van der Waals surface area contributed by atoms with E-state index in [1.807, 2.05) is 30.4 Å². The number of nitrogens with zero attached hydrogens (tertiary/aromatic N) is 4. The summed E-state index contributed by atoms with van der Waals surface area (Å²) in [6.45, 7) is 10.5. The van der Waals surface area contributed by atoms with E-state index in [0.717, 1.165) is 22.8 Å². The molecular formula is C14H23N5. The van der Waals surface area contributed by atoms with Crippen LogP contribution in [0, 0.1) is 27.7 Å². The van der Waals surface area contributed by atoms with Gasteiger partial charge in [0.1, 0.15) is 0 Å². The third-order valence-electron chi connectivity index (χ3n) is 3.87. The zero-order chi connectivity index (χ0) is 14.3. The Balaban J connectivity index is 2.33. The maximum atomic E-state index is 4.48. The third-order valence-corrected chi connectivity index (χ3v) is 3.87. The normalized spacial score (nSPS) is 12.8. The Morgan fingerprint density at radius 1 is 0.895 bits per heavy atom. The lowest BCUT2D eigenvalue weighted by Crippen LogP contribution is -2.10. The van der Waals surface area contributed by atoms with E-state index in [1.54, 1.807) is 0 Å². The number of nitrogens with one attached hydrogen (secondary N) is 1. The maximum absolute atomic E-state index is 4.48. The van der Waals surface area contributed by atoms with Crippen molar-refractivity contribution in [2.75, 3.05) is 5.32 Å². The molecule has 2 rings (SSSR count). The molecule has 2 aromatic rings. The van der Waals surface area contributed by atoms with E-state index in [1.165, 1.54) is 11.3 Å². The molecule has 0 radical (unpaired) electrons. The van der Waals surface area contributed by atoms with Gasteiger partial charge in [-0.3, -0.25) is 9.36 Å². The largest absolute Gasteiger partial charge is 0.375 e. The molecule has 104 valence electrons. The van der Waals surface area contributed by atoms with Gasteiger partial charge < -0.3 is 5.32 Å². The first-order valence-corrected chi connectivity index (χ1v) is 6.59. The van der Waals surface area contributed by atoms with E-state index < -0.39 is 0 Å². The van der Waals surface area contributed by atoms with Crippen molar-refractivity contribution in [2.45, 2.75) is 40.7 Å². The Kier molecular flexibility index (Phi) is 3.39. The second-order valence-electron chi connectivity index (χ2n) is 5.24. The highest BCUT2D eigenvalue weighted by Gasteiger charge is 2.18. The zero-order valence-corrected chi connectivity index (χ0v) is 12.9. The molecule has 2 aromatic heterocycles. The summed E-state index contributed by atoms with van der Waals surface area (Å²) in [6.07, 6.45) is 0. The summed E-state index contributed by atoms with van der Waals surface area (Å²) in [5.74, 6) is 0. The van der Waals surface area contributed by atoms with Gasteiger partial charge in [-0.1, -0.05) is 0 Å². The highest BCUT2D eigenvalue weighted by Crippen LogP contribution is 2.27. The SMILES string of the molecule is Cc1nn(C)c(C)c1NC(C)c1c(C)nn(C)c1C. The lowest BCUT2D eigenvalue weighted by atomic mass is 10.1. The molecule has 0 aliphatic rings. The molecule has 0 saturated heterocycles. The van der Waals surface area contributed by atoms with Gasteiger partial charge >= 0.3 is 0 Å². The van der Waals surface area contributed by atoms with Crippen LogP contribution < -0.4 is 5.32 Å². The van der Waals surface area contributed by atoms with Crippen molar-refractivity contribution in [1.82, 2.24) is 19.6 Å². The second-order valence-corrected chi connectivity index (χ2v) is 5.24. The molecule has 0 aromatic carbocycles. The van der Waals surface area contributed by atoms with Gasteiger partial charge in [-0.2, -0.15) is 10.2 Å². The van der Waals surface area contributed by atoms with Crippen LogP contribution in [0.2, 0.25) is 0 Å². The van der Waals surface area contributed by atoms with Crippen LogP contribution >= 0.6 is 0 Å². The minimum atomic E-state index is 0.218. The molecule has 2 heterocycles. The van der Waals surface area contributed by atoms with Crippen LogP contribution in [0.15, 0.2) is 0 Å². The first-order chi connectivity index (χ1) is 8.82. The minimum Gasteiger partial charge on any atom is -0.375 e. The monoisotopic (exact) mass is 261 g/mol. The van der Waals surface area contributed by atoms with E-state index in [9.17, 15) is 0 Å². The van der Waals surface area contributed by atoms with Crippen molar-refractivity contribution in [3.63, 3.8) is 0 Å². The number of rotatable bonds is 3. The van der Waals surface area contributed by atoms with Crippen LogP contribution in [0.1, 0.15) is 41.3 Å². The molecule has 0 saturated carbocycles. The number of aromatic nitrogens is 4. The van der Waals surface area contributed by atoms with Gasteiger partial charge in [0.05, 0.1) is 28.8 Å².